The Bertz CT molecular complexity index is 943. The molecule has 0 amide bonds. The van der Waals surface area contributed by atoms with Gasteiger partial charge in [-0.25, -0.2) is 4.99 Å². The fourth-order valence-electron chi connectivity index (χ4n) is 4.01. The highest BCUT2D eigenvalue weighted by molar-refractivity contribution is 6.02. The van der Waals surface area contributed by atoms with Crippen LogP contribution in [0.1, 0.15) is 44.5 Å². The molecule has 0 radical (unpaired) electrons. The molecule has 3 rings (SSSR count). The van der Waals surface area contributed by atoms with Crippen LogP contribution in [0.5, 0.6) is 0 Å². The van der Waals surface area contributed by atoms with Crippen LogP contribution in [0.15, 0.2) is 59.6 Å². The third kappa shape index (κ3) is 4.10. The van der Waals surface area contributed by atoms with Crippen molar-refractivity contribution in [2.75, 3.05) is 0 Å². The van der Waals surface area contributed by atoms with Gasteiger partial charge in [0, 0.05) is 0 Å². The fraction of sp³-hybridized carbons (Fsp3) is 0.231. The summed E-state index contributed by atoms with van der Waals surface area (Å²) in [6.45, 7) is 13.0. The Morgan fingerprint density at radius 3 is 1.44 bits per heavy atom. The van der Waals surface area contributed by atoms with Gasteiger partial charge in [0.2, 0.25) is 0 Å². The molecule has 0 saturated heterocycles. The van der Waals surface area contributed by atoms with Gasteiger partial charge in [0.1, 0.15) is 0 Å². The first kappa shape index (κ1) is 18.9. The molecule has 0 aliphatic carbocycles. The molecule has 136 valence electrons. The van der Waals surface area contributed by atoms with Gasteiger partial charge in [-0.15, -0.1) is 0 Å². The van der Waals surface area contributed by atoms with Gasteiger partial charge in [0.05, 0.1) is 11.3 Å². The van der Waals surface area contributed by atoms with Gasteiger partial charge >= 0.3 is 0 Å². The zero-order valence-electron chi connectivity index (χ0n) is 17.1. The summed E-state index contributed by atoms with van der Waals surface area (Å²) in [4.78, 5) is 4.68. The highest BCUT2D eigenvalue weighted by Gasteiger charge is 2.16. The van der Waals surface area contributed by atoms with Crippen LogP contribution in [0.25, 0.3) is 5.57 Å². The molecule has 0 heterocycles. The highest BCUT2D eigenvalue weighted by atomic mass is 14.7. The van der Waals surface area contributed by atoms with E-state index in [-0.39, 0.29) is 0 Å². The molecule has 0 fully saturated rings. The van der Waals surface area contributed by atoms with Crippen molar-refractivity contribution >= 4 is 17.1 Å². The van der Waals surface area contributed by atoms with Crippen molar-refractivity contribution in [2.24, 2.45) is 4.99 Å². The van der Waals surface area contributed by atoms with Crippen LogP contribution in [-0.4, -0.2) is 5.87 Å². The topological polar surface area (TPSA) is 12.4 Å². The van der Waals surface area contributed by atoms with E-state index in [4.69, 9.17) is 0 Å². The number of rotatable bonds is 3. The molecule has 0 N–H and O–H groups in total. The molecular weight excluding hydrogens is 326 g/mol. The second-order valence-electron chi connectivity index (χ2n) is 7.48. The van der Waals surface area contributed by atoms with Gasteiger partial charge in [-0.3, -0.25) is 0 Å². The largest absolute Gasteiger partial charge is 0.206 e. The van der Waals surface area contributed by atoms with Gasteiger partial charge in [0.25, 0.3) is 0 Å². The molecule has 0 spiro atoms. The number of aliphatic imine (C=N–C) groups is 1. The summed E-state index contributed by atoms with van der Waals surface area (Å²) in [5.74, 6) is 3.41. The zero-order chi connectivity index (χ0) is 19.6. The number of aryl methyl sites for hydroxylation is 6. The van der Waals surface area contributed by atoms with E-state index in [0.29, 0.717) is 0 Å². The van der Waals surface area contributed by atoms with Gasteiger partial charge < -0.3 is 0 Å². The van der Waals surface area contributed by atoms with E-state index in [0.717, 1.165) is 11.3 Å². The van der Waals surface area contributed by atoms with Crippen LogP contribution in [-0.2, 0) is 0 Å². The lowest BCUT2D eigenvalue weighted by atomic mass is 9.86. The second kappa shape index (κ2) is 7.78. The first-order valence-electron chi connectivity index (χ1n) is 9.42. The average molecular weight is 354 g/mol. The summed E-state index contributed by atoms with van der Waals surface area (Å²) >= 11 is 0. The first-order chi connectivity index (χ1) is 12.9. The lowest BCUT2D eigenvalue weighted by Gasteiger charge is -2.18. The van der Waals surface area contributed by atoms with E-state index in [9.17, 15) is 0 Å². The molecule has 0 unspecified atom stereocenters. The molecule has 0 aliphatic rings. The lowest BCUT2D eigenvalue weighted by molar-refractivity contribution is 1.26. The van der Waals surface area contributed by atoms with Crippen LogP contribution in [0, 0.1) is 41.5 Å². The summed E-state index contributed by atoms with van der Waals surface area (Å²) in [5.41, 5.74) is 12.1. The smallest absolute Gasteiger partial charge is 0.0729 e. The van der Waals surface area contributed by atoms with Crippen molar-refractivity contribution in [3.63, 3.8) is 0 Å². The van der Waals surface area contributed by atoms with Crippen molar-refractivity contribution < 1.29 is 0 Å². The van der Waals surface area contributed by atoms with Crippen molar-refractivity contribution in [1.82, 2.24) is 0 Å². The summed E-state index contributed by atoms with van der Waals surface area (Å²) in [5, 5.41) is 0. The molecular formula is C26H27N. The SMILES string of the molecule is Cc1cc(C)c(C(=C=Nc2ccccc2)c2c(C)cc(C)cc2C)c(C)c1. The minimum Gasteiger partial charge on any atom is -0.206 e. The highest BCUT2D eigenvalue weighted by Crippen LogP contribution is 2.32. The maximum absolute atomic E-state index is 4.68. The molecule has 0 aromatic heterocycles. The summed E-state index contributed by atoms with van der Waals surface area (Å²) < 4.78 is 0. The first-order valence-corrected chi connectivity index (χ1v) is 9.42. The van der Waals surface area contributed by atoms with Crippen LogP contribution in [0.4, 0.5) is 5.69 Å². The van der Waals surface area contributed by atoms with Crippen LogP contribution in [0.3, 0.4) is 0 Å². The molecule has 1 nitrogen and oxygen atoms in total. The van der Waals surface area contributed by atoms with E-state index in [1.165, 1.54) is 44.5 Å². The van der Waals surface area contributed by atoms with Crippen molar-refractivity contribution in [1.29, 1.82) is 0 Å². The van der Waals surface area contributed by atoms with Crippen molar-refractivity contribution in [2.45, 2.75) is 41.5 Å². The molecule has 0 atom stereocenters. The number of hydrogen-bond donors (Lipinski definition) is 0. The van der Waals surface area contributed by atoms with Gasteiger partial charge in [0.15, 0.2) is 0 Å². The third-order valence-electron chi connectivity index (χ3n) is 4.91. The van der Waals surface area contributed by atoms with Gasteiger partial charge in [-0.2, -0.15) is 0 Å². The standard InChI is InChI=1S/C26H27N/c1-17-12-19(3)25(20(4)13-17)24(16-27-23-10-8-7-9-11-23)26-21(5)14-18(2)15-22(26)6/h7-15H,1-6H3. The van der Waals surface area contributed by atoms with E-state index in [1.54, 1.807) is 0 Å². The zero-order valence-corrected chi connectivity index (χ0v) is 17.1. The van der Waals surface area contributed by atoms with E-state index >= 15 is 0 Å². The van der Waals surface area contributed by atoms with Gasteiger partial charge in [-0.1, -0.05) is 53.6 Å². The molecule has 27 heavy (non-hydrogen) atoms. The van der Waals surface area contributed by atoms with Crippen LogP contribution < -0.4 is 0 Å². The molecule has 3 aromatic rings. The maximum Gasteiger partial charge on any atom is 0.0729 e. The summed E-state index contributed by atoms with van der Waals surface area (Å²) in [7, 11) is 0. The average Bonchev–Trinajstić information content (AvgIpc) is 2.58. The monoisotopic (exact) mass is 353 g/mol. The minimum absolute atomic E-state index is 0.917. The Labute approximate surface area is 163 Å². The van der Waals surface area contributed by atoms with E-state index < -0.39 is 0 Å². The maximum atomic E-state index is 4.68. The fourth-order valence-corrected chi connectivity index (χ4v) is 4.01. The predicted octanol–water partition coefficient (Wildman–Crippen LogP) is 6.97. The third-order valence-corrected chi connectivity index (χ3v) is 4.91. The second-order valence-corrected chi connectivity index (χ2v) is 7.48. The quantitative estimate of drug-likeness (QED) is 0.451. The molecule has 0 saturated carbocycles. The molecule has 0 aliphatic heterocycles. The Morgan fingerprint density at radius 1 is 0.630 bits per heavy atom. The summed E-state index contributed by atoms with van der Waals surface area (Å²) in [6.07, 6.45) is 0. The van der Waals surface area contributed by atoms with E-state index in [2.05, 4.69) is 76.7 Å². The number of para-hydroxylation sites is 1. The predicted molar refractivity (Wildman–Crippen MR) is 117 cm³/mol. The number of hydrogen-bond acceptors (Lipinski definition) is 1. The van der Waals surface area contributed by atoms with Crippen molar-refractivity contribution in [3.8, 4) is 0 Å². The molecule has 1 heteroatoms. The normalized spacial score (nSPS) is 10.4. The minimum atomic E-state index is 0.917. The molecule has 3 aromatic carbocycles. The van der Waals surface area contributed by atoms with Crippen LogP contribution >= 0.6 is 0 Å². The Hall–Kier alpha value is -2.89. The van der Waals surface area contributed by atoms with Crippen molar-refractivity contribution in [3.05, 3.63) is 99.1 Å². The number of nitrogens with zero attached hydrogens (tertiary/aromatic N) is 1. The Kier molecular flexibility index (Phi) is 5.44. The Morgan fingerprint density at radius 2 is 1.04 bits per heavy atom. The number of benzene rings is 3. The Balaban J connectivity index is 2.35. The molecule has 0 bridgehead atoms. The lowest BCUT2D eigenvalue weighted by Crippen LogP contribution is -2.02. The van der Waals surface area contributed by atoms with Gasteiger partial charge in [-0.05, 0) is 92.9 Å². The van der Waals surface area contributed by atoms with Crippen LogP contribution in [0.2, 0.25) is 0 Å². The summed E-state index contributed by atoms with van der Waals surface area (Å²) in [6, 6.07) is 19.0. The van der Waals surface area contributed by atoms with E-state index in [1.807, 2.05) is 30.3 Å².